The van der Waals surface area contributed by atoms with Gasteiger partial charge in [-0.25, -0.2) is 0 Å². The van der Waals surface area contributed by atoms with Crippen molar-refractivity contribution in [2.24, 2.45) is 22.7 Å². The van der Waals surface area contributed by atoms with E-state index in [2.05, 4.69) is 20.4 Å². The Labute approximate surface area is 103 Å². The molecule has 0 saturated heterocycles. The summed E-state index contributed by atoms with van der Waals surface area (Å²) in [5.41, 5.74) is -0.444. The van der Waals surface area contributed by atoms with Gasteiger partial charge in [0.05, 0.1) is 5.60 Å². The van der Waals surface area contributed by atoms with E-state index >= 15 is 0 Å². The second kappa shape index (κ2) is 2.85. The van der Waals surface area contributed by atoms with Crippen LogP contribution in [0.1, 0.15) is 46.5 Å². The molecule has 0 aromatic carbocycles. The van der Waals surface area contributed by atoms with E-state index in [0.717, 1.165) is 24.8 Å². The number of carbonyl (C=O) groups excluding carboxylic acids is 1. The molecule has 17 heavy (non-hydrogen) atoms. The van der Waals surface area contributed by atoms with Gasteiger partial charge in [0.25, 0.3) is 0 Å². The fourth-order valence-electron chi connectivity index (χ4n) is 5.10. The van der Waals surface area contributed by atoms with E-state index in [1.165, 1.54) is 0 Å². The molecule has 4 bridgehead atoms. The summed E-state index contributed by atoms with van der Waals surface area (Å²) in [5, 5.41) is 10.9. The van der Waals surface area contributed by atoms with Crippen molar-refractivity contribution < 1.29 is 9.90 Å². The molecule has 1 N–H and O–H groups in total. The highest BCUT2D eigenvalue weighted by Crippen LogP contribution is 2.69. The highest BCUT2D eigenvalue weighted by atomic mass is 16.3. The Morgan fingerprint density at radius 3 is 2.65 bits per heavy atom. The number of carbonyl (C=O) groups is 1. The van der Waals surface area contributed by atoms with Crippen LogP contribution in [0, 0.1) is 22.7 Å². The lowest BCUT2D eigenvalue weighted by Crippen LogP contribution is -2.54. The van der Waals surface area contributed by atoms with Crippen LogP contribution in [0.4, 0.5) is 0 Å². The van der Waals surface area contributed by atoms with E-state index in [1.807, 2.05) is 6.92 Å². The zero-order valence-electron chi connectivity index (χ0n) is 11.0. The standard InChI is InChI=1S/C15H22O2/c1-9(2)15(17)8-14(4)10-5-6-13(3,12(14)16)7-11(10)15/h10-11,17H,1,5-8H2,2-4H3/t10-,11+,13+,14+,15+/m0/s1. The molecule has 2 nitrogen and oxygen atoms in total. The van der Waals surface area contributed by atoms with Gasteiger partial charge in [-0.1, -0.05) is 20.4 Å². The maximum atomic E-state index is 12.7. The van der Waals surface area contributed by atoms with Crippen LogP contribution in [0.5, 0.6) is 0 Å². The number of hydrogen-bond donors (Lipinski definition) is 1. The normalized spacial score (nSPS) is 56.4. The number of ketones is 1. The van der Waals surface area contributed by atoms with Gasteiger partial charge in [-0.15, -0.1) is 0 Å². The SMILES string of the molecule is C=C(C)[C@]1(O)C[C@@]2(C)C(=O)[C@]3(C)CC[C@H]2[C@H]1C3. The summed E-state index contributed by atoms with van der Waals surface area (Å²) < 4.78 is 0. The van der Waals surface area contributed by atoms with Gasteiger partial charge in [-0.2, -0.15) is 0 Å². The van der Waals surface area contributed by atoms with Crippen LogP contribution in [0.25, 0.3) is 0 Å². The van der Waals surface area contributed by atoms with E-state index in [4.69, 9.17) is 0 Å². The first-order chi connectivity index (χ1) is 7.74. The molecule has 0 spiro atoms. The first-order valence-corrected chi connectivity index (χ1v) is 6.67. The van der Waals surface area contributed by atoms with E-state index in [0.29, 0.717) is 18.1 Å². The Hall–Kier alpha value is -0.630. The van der Waals surface area contributed by atoms with E-state index in [1.54, 1.807) is 0 Å². The molecule has 4 aliphatic carbocycles. The molecule has 5 atom stereocenters. The first-order valence-electron chi connectivity index (χ1n) is 6.67. The van der Waals surface area contributed by atoms with Crippen LogP contribution in [0.3, 0.4) is 0 Å². The minimum Gasteiger partial charge on any atom is -0.385 e. The van der Waals surface area contributed by atoms with Crippen LogP contribution in [-0.4, -0.2) is 16.5 Å². The smallest absolute Gasteiger partial charge is 0.145 e. The highest BCUT2D eigenvalue weighted by Gasteiger charge is 2.70. The predicted molar refractivity (Wildman–Crippen MR) is 66.4 cm³/mol. The number of rotatable bonds is 1. The zero-order chi connectivity index (χ0) is 12.6. The second-order valence-electron chi connectivity index (χ2n) is 7.14. The Morgan fingerprint density at radius 2 is 2.06 bits per heavy atom. The van der Waals surface area contributed by atoms with Gasteiger partial charge in [0.2, 0.25) is 0 Å². The van der Waals surface area contributed by atoms with Crippen LogP contribution >= 0.6 is 0 Å². The monoisotopic (exact) mass is 234 g/mol. The molecule has 4 saturated carbocycles. The molecule has 2 heteroatoms. The number of hydrogen-bond acceptors (Lipinski definition) is 2. The van der Waals surface area contributed by atoms with Gasteiger partial charge in [0.1, 0.15) is 5.78 Å². The lowest BCUT2D eigenvalue weighted by atomic mass is 9.50. The number of fused-ring (bicyclic) bond motifs is 1. The molecule has 0 radical (unpaired) electrons. The van der Waals surface area contributed by atoms with Crippen LogP contribution < -0.4 is 0 Å². The summed E-state index contributed by atoms with van der Waals surface area (Å²) in [6, 6.07) is 0. The van der Waals surface area contributed by atoms with E-state index < -0.39 is 5.60 Å². The lowest BCUT2D eigenvalue weighted by molar-refractivity contribution is -0.154. The van der Waals surface area contributed by atoms with Crippen LogP contribution in [0.15, 0.2) is 12.2 Å². The minimum atomic E-state index is -0.798. The Morgan fingerprint density at radius 1 is 1.41 bits per heavy atom. The first kappa shape index (κ1) is 11.5. The molecule has 0 aromatic heterocycles. The van der Waals surface area contributed by atoms with Gasteiger partial charge in [0.15, 0.2) is 0 Å². The zero-order valence-corrected chi connectivity index (χ0v) is 11.0. The summed E-state index contributed by atoms with van der Waals surface area (Å²) in [6.45, 7) is 10.0. The summed E-state index contributed by atoms with van der Waals surface area (Å²) in [4.78, 5) is 12.7. The summed E-state index contributed by atoms with van der Waals surface area (Å²) in [5.74, 6) is 1.02. The molecule has 0 aliphatic heterocycles. The lowest BCUT2D eigenvalue weighted by Gasteiger charge is -2.53. The van der Waals surface area contributed by atoms with Crippen molar-refractivity contribution in [1.82, 2.24) is 0 Å². The van der Waals surface area contributed by atoms with Crippen LogP contribution in [-0.2, 0) is 4.79 Å². The van der Waals surface area contributed by atoms with Gasteiger partial charge >= 0.3 is 0 Å². The average Bonchev–Trinajstić information content (AvgIpc) is 2.45. The van der Waals surface area contributed by atoms with Crippen LogP contribution in [0.2, 0.25) is 0 Å². The largest absolute Gasteiger partial charge is 0.385 e. The minimum absolute atomic E-state index is 0.186. The van der Waals surface area contributed by atoms with Gasteiger partial charge < -0.3 is 5.11 Å². The Balaban J connectivity index is 2.15. The van der Waals surface area contributed by atoms with Crippen molar-refractivity contribution in [3.05, 3.63) is 12.2 Å². The third-order valence-electron chi connectivity index (χ3n) is 6.04. The van der Waals surface area contributed by atoms with Crippen molar-refractivity contribution in [3.8, 4) is 0 Å². The Bertz CT molecular complexity index is 427. The van der Waals surface area contributed by atoms with Crippen molar-refractivity contribution in [3.63, 3.8) is 0 Å². The Kier molecular flexibility index (Phi) is 1.92. The van der Waals surface area contributed by atoms with Crippen molar-refractivity contribution in [2.45, 2.75) is 52.1 Å². The van der Waals surface area contributed by atoms with Gasteiger partial charge in [-0.05, 0) is 50.0 Å². The highest BCUT2D eigenvalue weighted by molar-refractivity contribution is 5.93. The molecule has 0 heterocycles. The summed E-state index contributed by atoms with van der Waals surface area (Å²) >= 11 is 0. The van der Waals surface area contributed by atoms with E-state index in [-0.39, 0.29) is 16.7 Å². The third kappa shape index (κ3) is 1.08. The quantitative estimate of drug-likeness (QED) is 0.708. The average molecular weight is 234 g/mol. The third-order valence-corrected chi connectivity index (χ3v) is 6.04. The molecule has 0 unspecified atom stereocenters. The van der Waals surface area contributed by atoms with Crippen molar-refractivity contribution in [1.29, 1.82) is 0 Å². The number of aliphatic hydroxyl groups is 1. The molecule has 4 fully saturated rings. The predicted octanol–water partition coefficient (Wildman–Crippen LogP) is 2.71. The summed E-state index contributed by atoms with van der Waals surface area (Å²) in [7, 11) is 0. The molecule has 0 aromatic rings. The molecule has 4 aliphatic rings. The molecular weight excluding hydrogens is 212 g/mol. The molecule has 0 amide bonds. The summed E-state index contributed by atoms with van der Waals surface area (Å²) in [6.07, 6.45) is 3.56. The maximum Gasteiger partial charge on any atom is 0.145 e. The molecule has 4 rings (SSSR count). The molecular formula is C15H22O2. The van der Waals surface area contributed by atoms with Gasteiger partial charge in [-0.3, -0.25) is 4.79 Å². The van der Waals surface area contributed by atoms with Crippen molar-refractivity contribution in [2.75, 3.05) is 0 Å². The molecule has 94 valence electrons. The van der Waals surface area contributed by atoms with Crippen molar-refractivity contribution >= 4 is 5.78 Å². The fourth-order valence-corrected chi connectivity index (χ4v) is 5.10. The van der Waals surface area contributed by atoms with E-state index in [9.17, 15) is 9.90 Å². The maximum absolute atomic E-state index is 12.7. The topological polar surface area (TPSA) is 37.3 Å². The fraction of sp³-hybridized carbons (Fsp3) is 0.800. The second-order valence-corrected chi connectivity index (χ2v) is 7.14. The van der Waals surface area contributed by atoms with Gasteiger partial charge in [0, 0.05) is 10.8 Å². The number of Topliss-reactive ketones (excluding diaryl/α,β-unsaturated/α-hetero) is 1.